The molecular weight excluding hydrogens is 761 g/mol. The molecule has 2 heterocycles. The molecule has 12 nitrogen and oxygen atoms in total. The highest BCUT2D eigenvalue weighted by molar-refractivity contribution is 5.96. The summed E-state index contributed by atoms with van der Waals surface area (Å²) in [6.45, 7) is 0.736. The molecule has 5 rings (SSSR count). The van der Waals surface area contributed by atoms with Crippen molar-refractivity contribution in [1.82, 2.24) is 25.5 Å². The molecule has 2 fully saturated rings. The Hall–Kier alpha value is -5.31. The molecule has 0 unspecified atom stereocenters. The van der Waals surface area contributed by atoms with Gasteiger partial charge in [-0.05, 0) is 61.9 Å². The molecule has 55 heavy (non-hydrogen) atoms. The number of aliphatic carboxylic acids is 2. The number of hydrogen-bond donors (Lipinski definition) is 5. The number of nitrogens with one attached hydrogen (secondary N) is 2. The normalized spacial score (nSPS) is 19.9. The van der Waals surface area contributed by atoms with Gasteiger partial charge in [0.05, 0.1) is 17.7 Å². The smallest absolute Gasteiger partial charge is 0.475 e. The molecule has 2 amide bonds. The van der Waals surface area contributed by atoms with Crippen LogP contribution in [0.15, 0.2) is 67.0 Å². The number of nitrogens with zero attached hydrogens (tertiary/aromatic N) is 3. The van der Waals surface area contributed by atoms with E-state index in [9.17, 15) is 54.2 Å². The van der Waals surface area contributed by atoms with E-state index in [1.54, 1.807) is 23.4 Å². The lowest BCUT2D eigenvalue weighted by Gasteiger charge is -2.37. The molecule has 2 aliphatic rings. The Morgan fingerprint density at radius 1 is 0.782 bits per heavy atom. The highest BCUT2D eigenvalue weighted by atomic mass is 19.4. The fourth-order valence-electron chi connectivity index (χ4n) is 5.59. The van der Waals surface area contributed by atoms with Crippen LogP contribution in [0.4, 0.5) is 39.5 Å². The van der Waals surface area contributed by atoms with Crippen molar-refractivity contribution in [2.24, 2.45) is 0 Å². The molecule has 1 aromatic heterocycles. The van der Waals surface area contributed by atoms with Crippen LogP contribution in [0.5, 0.6) is 0 Å². The summed E-state index contributed by atoms with van der Waals surface area (Å²) in [5, 5.41) is 31.6. The molecule has 0 bridgehead atoms. The van der Waals surface area contributed by atoms with Crippen molar-refractivity contribution in [3.63, 3.8) is 0 Å². The fraction of sp³-hybridized carbons (Fsp3) is 0.412. The maximum atomic E-state index is 12.9. The largest absolute Gasteiger partial charge is 0.490 e. The standard InChI is InChI=1S/C30H32F3N5O3.2C2HF3O2/c31-30(32,33)23-4-1-3-21(17-23)28(40)36-18-26(39)38-16-11-25(19-38)37-24-9-12-29(41,13-10-24)22-7-5-20(6-8-22)27-34-14-2-15-35-27;2*3-2(4,5)1(6)7/h1-8,14-15,17,24-25,37,41H,9-13,16,18-19H2,(H,36,40);2*(H,6,7)/t24?,25-,29?;;/m0../s1. The van der Waals surface area contributed by atoms with Crippen molar-refractivity contribution in [1.29, 1.82) is 0 Å². The topological polar surface area (TPSA) is 182 Å². The van der Waals surface area contributed by atoms with E-state index in [2.05, 4.69) is 20.6 Å². The van der Waals surface area contributed by atoms with E-state index < -0.39 is 47.5 Å². The van der Waals surface area contributed by atoms with Crippen molar-refractivity contribution in [3.05, 3.63) is 83.7 Å². The summed E-state index contributed by atoms with van der Waals surface area (Å²) in [7, 11) is 0. The Morgan fingerprint density at radius 3 is 1.84 bits per heavy atom. The number of alkyl halides is 9. The minimum Gasteiger partial charge on any atom is -0.475 e. The number of carboxylic acid groups (broad SMARTS) is 2. The predicted molar refractivity (Wildman–Crippen MR) is 173 cm³/mol. The summed E-state index contributed by atoms with van der Waals surface area (Å²) in [5.41, 5.74) is -0.192. The molecule has 1 saturated heterocycles. The van der Waals surface area contributed by atoms with Crippen molar-refractivity contribution in [2.45, 2.75) is 68.3 Å². The zero-order valence-corrected chi connectivity index (χ0v) is 28.4. The Balaban J connectivity index is 0.000000494. The number of aromatic nitrogens is 2. The van der Waals surface area contributed by atoms with Crippen molar-refractivity contribution in [2.75, 3.05) is 19.6 Å². The second kappa shape index (κ2) is 18.3. The second-order valence-corrected chi connectivity index (χ2v) is 12.3. The van der Waals surface area contributed by atoms with Crippen LogP contribution in [0.1, 0.15) is 53.6 Å². The first kappa shape index (κ1) is 44.1. The van der Waals surface area contributed by atoms with Gasteiger partial charge in [-0.15, -0.1) is 0 Å². The van der Waals surface area contributed by atoms with Crippen LogP contribution in [0.2, 0.25) is 0 Å². The van der Waals surface area contributed by atoms with Gasteiger partial charge in [0.25, 0.3) is 5.91 Å². The lowest BCUT2D eigenvalue weighted by atomic mass is 9.77. The number of carbonyl (C=O) groups excluding carboxylic acids is 2. The van der Waals surface area contributed by atoms with Gasteiger partial charge in [-0.2, -0.15) is 39.5 Å². The molecule has 1 aliphatic heterocycles. The SMILES string of the molecule is O=C(NCC(=O)N1CC[C@H](NC2CCC(O)(c3ccc(-c4ncccn4)cc3)CC2)C1)c1cccc(C(F)(F)F)c1.O=C(O)C(F)(F)F.O=C(O)C(F)(F)F. The number of amides is 2. The van der Waals surface area contributed by atoms with Gasteiger partial charge in [0, 0.05) is 48.7 Å². The zero-order valence-electron chi connectivity index (χ0n) is 28.4. The zero-order chi connectivity index (χ0) is 41.2. The maximum Gasteiger partial charge on any atom is 0.490 e. The van der Waals surface area contributed by atoms with Crippen LogP contribution in [-0.4, -0.2) is 98.0 Å². The molecule has 300 valence electrons. The molecule has 5 N–H and O–H groups in total. The minimum absolute atomic E-state index is 0.0967. The van der Waals surface area contributed by atoms with Gasteiger partial charge < -0.3 is 30.9 Å². The lowest BCUT2D eigenvalue weighted by molar-refractivity contribution is -0.193. The number of likely N-dealkylation sites (tertiary alicyclic amines) is 1. The summed E-state index contributed by atoms with van der Waals surface area (Å²) < 4.78 is 102. The second-order valence-electron chi connectivity index (χ2n) is 12.3. The lowest BCUT2D eigenvalue weighted by Crippen LogP contribution is -2.46. The van der Waals surface area contributed by atoms with Crippen LogP contribution in [0, 0.1) is 0 Å². The molecule has 1 saturated carbocycles. The van der Waals surface area contributed by atoms with Gasteiger partial charge in [-0.3, -0.25) is 9.59 Å². The van der Waals surface area contributed by atoms with Gasteiger partial charge in [-0.1, -0.05) is 30.3 Å². The van der Waals surface area contributed by atoms with E-state index in [0.29, 0.717) is 31.8 Å². The molecule has 2 aromatic carbocycles. The molecule has 1 aliphatic carbocycles. The summed E-state index contributed by atoms with van der Waals surface area (Å²) in [6.07, 6.45) is -7.76. The summed E-state index contributed by atoms with van der Waals surface area (Å²) in [5.74, 6) is -5.88. The van der Waals surface area contributed by atoms with Crippen LogP contribution in [0.25, 0.3) is 11.4 Å². The third-order valence-electron chi connectivity index (χ3n) is 8.41. The Morgan fingerprint density at radius 2 is 1.33 bits per heavy atom. The van der Waals surface area contributed by atoms with E-state index in [1.165, 1.54) is 12.1 Å². The van der Waals surface area contributed by atoms with E-state index >= 15 is 0 Å². The maximum absolute atomic E-state index is 12.9. The first-order chi connectivity index (χ1) is 25.5. The third-order valence-corrected chi connectivity index (χ3v) is 8.41. The van der Waals surface area contributed by atoms with Crippen LogP contribution in [-0.2, 0) is 26.2 Å². The van der Waals surface area contributed by atoms with Crippen LogP contribution in [0.3, 0.4) is 0 Å². The van der Waals surface area contributed by atoms with Crippen molar-refractivity contribution < 1.29 is 74.0 Å². The number of aliphatic hydroxyl groups is 1. The van der Waals surface area contributed by atoms with E-state index in [0.717, 1.165) is 42.5 Å². The number of rotatable bonds is 7. The number of carbonyl (C=O) groups is 4. The molecule has 0 spiro atoms. The monoisotopic (exact) mass is 795 g/mol. The molecular formula is C34H34F9N5O7. The molecule has 1 atom stereocenters. The van der Waals surface area contributed by atoms with E-state index in [4.69, 9.17) is 19.8 Å². The number of halogens is 9. The Labute approximate surface area is 306 Å². The summed E-state index contributed by atoms with van der Waals surface area (Å²) in [4.78, 5) is 53.0. The highest BCUT2D eigenvalue weighted by Gasteiger charge is 2.39. The first-order valence-corrected chi connectivity index (χ1v) is 16.2. The molecule has 3 aromatic rings. The van der Waals surface area contributed by atoms with Gasteiger partial charge >= 0.3 is 30.5 Å². The van der Waals surface area contributed by atoms with Gasteiger partial charge in [-0.25, -0.2) is 19.6 Å². The van der Waals surface area contributed by atoms with E-state index in [-0.39, 0.29) is 30.1 Å². The van der Waals surface area contributed by atoms with Crippen LogP contribution >= 0.6 is 0 Å². The number of carboxylic acids is 2. The summed E-state index contributed by atoms with van der Waals surface area (Å²) in [6, 6.07) is 13.9. The van der Waals surface area contributed by atoms with Crippen molar-refractivity contribution >= 4 is 23.8 Å². The predicted octanol–water partition coefficient (Wildman–Crippen LogP) is 5.18. The van der Waals surface area contributed by atoms with Gasteiger partial charge in [0.2, 0.25) is 5.91 Å². The number of benzene rings is 2. The molecule has 21 heteroatoms. The average molecular weight is 796 g/mol. The number of hydrogen-bond acceptors (Lipinski definition) is 8. The summed E-state index contributed by atoms with van der Waals surface area (Å²) >= 11 is 0. The fourth-order valence-corrected chi connectivity index (χ4v) is 5.59. The van der Waals surface area contributed by atoms with E-state index in [1.807, 2.05) is 24.3 Å². The first-order valence-electron chi connectivity index (χ1n) is 16.2. The Bertz CT molecular complexity index is 1740. The van der Waals surface area contributed by atoms with Gasteiger partial charge in [0.1, 0.15) is 0 Å². The molecule has 0 radical (unpaired) electrons. The average Bonchev–Trinajstić information content (AvgIpc) is 3.60. The minimum atomic E-state index is -5.08. The Kier molecular flexibility index (Phi) is 14.7. The quantitative estimate of drug-likeness (QED) is 0.200. The van der Waals surface area contributed by atoms with Crippen LogP contribution < -0.4 is 10.6 Å². The van der Waals surface area contributed by atoms with Crippen molar-refractivity contribution in [3.8, 4) is 11.4 Å². The highest BCUT2D eigenvalue weighted by Crippen LogP contribution is 2.38. The van der Waals surface area contributed by atoms with Gasteiger partial charge in [0.15, 0.2) is 5.82 Å². The third kappa shape index (κ3) is 13.5.